The number of hydrogen-bond acceptors (Lipinski definition) is 3. The van der Waals surface area contributed by atoms with Gasteiger partial charge in [-0.2, -0.15) is 5.10 Å². The number of fused-ring (bicyclic) bond motifs is 2. The molecule has 0 aliphatic carbocycles. The zero-order valence-electron chi connectivity index (χ0n) is 16.2. The van der Waals surface area contributed by atoms with E-state index in [1.165, 1.54) is 31.5 Å². The molecule has 0 radical (unpaired) electrons. The first kappa shape index (κ1) is 17.0. The number of rotatable bonds is 3. The molecule has 5 heterocycles. The molecule has 5 heteroatoms. The molecule has 1 amide bonds. The second-order valence-corrected chi connectivity index (χ2v) is 8.32. The van der Waals surface area contributed by atoms with Crippen LogP contribution in [-0.4, -0.2) is 57.2 Å². The first-order valence-corrected chi connectivity index (χ1v) is 10.3. The summed E-state index contributed by atoms with van der Waals surface area (Å²) in [5.41, 5.74) is 3.04. The van der Waals surface area contributed by atoms with Crippen LogP contribution in [-0.2, 0) is 6.54 Å². The molecule has 0 spiro atoms. The van der Waals surface area contributed by atoms with E-state index in [1.54, 1.807) is 0 Å². The first-order chi connectivity index (χ1) is 13.2. The molecule has 5 nitrogen and oxygen atoms in total. The fraction of sp³-hybridized carbons (Fsp3) is 0.545. The summed E-state index contributed by atoms with van der Waals surface area (Å²) in [5, 5.41) is 4.51. The lowest BCUT2D eigenvalue weighted by atomic mass is 9.75. The van der Waals surface area contributed by atoms with Gasteiger partial charge < -0.3 is 4.90 Å². The average Bonchev–Trinajstić information content (AvgIpc) is 3.31. The molecular weight excluding hydrogens is 336 g/mol. The Hall–Kier alpha value is -2.14. The Labute approximate surface area is 161 Å². The average molecular weight is 364 g/mol. The van der Waals surface area contributed by atoms with Crippen LogP contribution < -0.4 is 0 Å². The van der Waals surface area contributed by atoms with Gasteiger partial charge in [-0.15, -0.1) is 0 Å². The molecule has 0 unspecified atom stereocenters. The summed E-state index contributed by atoms with van der Waals surface area (Å²) in [6, 6.07) is 13.6. The van der Waals surface area contributed by atoms with Crippen molar-refractivity contribution in [3.05, 3.63) is 53.3 Å². The van der Waals surface area contributed by atoms with Crippen molar-refractivity contribution in [1.82, 2.24) is 19.6 Å². The maximum atomic E-state index is 13.6. The van der Waals surface area contributed by atoms with E-state index in [4.69, 9.17) is 0 Å². The van der Waals surface area contributed by atoms with Crippen molar-refractivity contribution >= 4 is 5.91 Å². The largest absolute Gasteiger partial charge is 0.332 e. The van der Waals surface area contributed by atoms with Crippen molar-refractivity contribution in [3.63, 3.8) is 0 Å². The first-order valence-electron chi connectivity index (χ1n) is 10.3. The zero-order chi connectivity index (χ0) is 18.5. The van der Waals surface area contributed by atoms with Crippen LogP contribution >= 0.6 is 0 Å². The predicted molar refractivity (Wildman–Crippen MR) is 105 cm³/mol. The Bertz CT molecular complexity index is 837. The Balaban J connectivity index is 1.53. The van der Waals surface area contributed by atoms with Crippen molar-refractivity contribution in [2.75, 3.05) is 19.6 Å². The van der Waals surface area contributed by atoms with Crippen molar-refractivity contribution in [2.24, 2.45) is 5.92 Å². The van der Waals surface area contributed by atoms with Gasteiger partial charge in [0.25, 0.3) is 5.91 Å². The van der Waals surface area contributed by atoms with E-state index >= 15 is 0 Å². The summed E-state index contributed by atoms with van der Waals surface area (Å²) in [6.45, 7) is 7.94. The van der Waals surface area contributed by atoms with Gasteiger partial charge in [0.05, 0.1) is 11.7 Å². The highest BCUT2D eigenvalue weighted by molar-refractivity contribution is 5.93. The number of hydrogen-bond donors (Lipinski definition) is 0. The van der Waals surface area contributed by atoms with Crippen LogP contribution in [0.25, 0.3) is 0 Å². The molecular formula is C22H28N4O. The zero-order valence-corrected chi connectivity index (χ0v) is 16.2. The minimum atomic E-state index is 0.166. The summed E-state index contributed by atoms with van der Waals surface area (Å²) >= 11 is 0. The SMILES string of the molecule is CCn1nc(C)cc1C(=O)N1C[C@H](c2ccccc2)[C@@H]2[C@H]1C1CCN2CC1. The molecule has 2 bridgehead atoms. The molecule has 3 atom stereocenters. The molecule has 4 aliphatic rings. The lowest BCUT2D eigenvalue weighted by Gasteiger charge is -2.51. The molecule has 4 aliphatic heterocycles. The van der Waals surface area contributed by atoms with Crippen molar-refractivity contribution in [2.45, 2.75) is 51.2 Å². The third-order valence-corrected chi connectivity index (χ3v) is 6.90. The maximum Gasteiger partial charge on any atom is 0.272 e. The number of piperidine rings is 3. The van der Waals surface area contributed by atoms with E-state index in [1.807, 2.05) is 17.7 Å². The van der Waals surface area contributed by atoms with Gasteiger partial charge in [0, 0.05) is 25.0 Å². The predicted octanol–water partition coefficient (Wildman–Crippen LogP) is 2.91. The van der Waals surface area contributed by atoms with Gasteiger partial charge in [-0.3, -0.25) is 14.4 Å². The molecule has 4 fully saturated rings. The number of aryl methyl sites for hydroxylation is 2. The Morgan fingerprint density at radius 1 is 1.15 bits per heavy atom. The van der Waals surface area contributed by atoms with Crippen LogP contribution in [0.1, 0.15) is 47.4 Å². The van der Waals surface area contributed by atoms with E-state index in [-0.39, 0.29) is 5.91 Å². The highest BCUT2D eigenvalue weighted by Gasteiger charge is 2.54. The molecule has 142 valence electrons. The number of amides is 1. The van der Waals surface area contributed by atoms with Crippen LogP contribution in [0.3, 0.4) is 0 Å². The van der Waals surface area contributed by atoms with Gasteiger partial charge >= 0.3 is 0 Å². The molecule has 1 aromatic carbocycles. The normalized spacial score (nSPS) is 31.9. The summed E-state index contributed by atoms with van der Waals surface area (Å²) in [5.74, 6) is 1.21. The summed E-state index contributed by atoms with van der Waals surface area (Å²) in [6.07, 6.45) is 2.44. The van der Waals surface area contributed by atoms with E-state index in [0.29, 0.717) is 23.9 Å². The highest BCUT2D eigenvalue weighted by atomic mass is 16.2. The molecule has 0 saturated carbocycles. The van der Waals surface area contributed by atoms with Crippen LogP contribution in [0, 0.1) is 12.8 Å². The molecule has 1 aromatic heterocycles. The van der Waals surface area contributed by atoms with Crippen LogP contribution in [0.5, 0.6) is 0 Å². The van der Waals surface area contributed by atoms with Crippen molar-refractivity contribution in [3.8, 4) is 0 Å². The molecule has 0 N–H and O–H groups in total. The number of carbonyl (C=O) groups is 1. The van der Waals surface area contributed by atoms with Gasteiger partial charge in [0.2, 0.25) is 0 Å². The minimum absolute atomic E-state index is 0.166. The minimum Gasteiger partial charge on any atom is -0.332 e. The van der Waals surface area contributed by atoms with Crippen LogP contribution in [0.15, 0.2) is 36.4 Å². The Morgan fingerprint density at radius 3 is 2.59 bits per heavy atom. The van der Waals surface area contributed by atoms with E-state index < -0.39 is 0 Å². The third kappa shape index (κ3) is 2.63. The summed E-state index contributed by atoms with van der Waals surface area (Å²) in [4.78, 5) is 18.4. The van der Waals surface area contributed by atoms with Gasteiger partial charge in [0.1, 0.15) is 5.69 Å². The lowest BCUT2D eigenvalue weighted by Crippen LogP contribution is -2.60. The number of benzene rings is 1. The van der Waals surface area contributed by atoms with Gasteiger partial charge in [-0.05, 0) is 57.3 Å². The molecule has 27 heavy (non-hydrogen) atoms. The third-order valence-electron chi connectivity index (χ3n) is 6.90. The summed E-state index contributed by atoms with van der Waals surface area (Å²) in [7, 11) is 0. The number of carbonyl (C=O) groups excluding carboxylic acids is 1. The van der Waals surface area contributed by atoms with Crippen molar-refractivity contribution in [1.29, 1.82) is 0 Å². The summed E-state index contributed by atoms with van der Waals surface area (Å²) < 4.78 is 1.86. The Kier molecular flexibility index (Phi) is 4.08. The second-order valence-electron chi connectivity index (χ2n) is 8.32. The topological polar surface area (TPSA) is 41.4 Å². The molecule has 2 aromatic rings. The molecule has 6 rings (SSSR count). The van der Waals surface area contributed by atoms with Crippen LogP contribution in [0.4, 0.5) is 0 Å². The second kappa shape index (κ2) is 6.48. The van der Waals surface area contributed by atoms with Gasteiger partial charge in [0.15, 0.2) is 0 Å². The number of aromatic nitrogens is 2. The lowest BCUT2D eigenvalue weighted by molar-refractivity contribution is -0.00375. The Morgan fingerprint density at radius 2 is 1.89 bits per heavy atom. The number of nitrogens with zero attached hydrogens (tertiary/aromatic N) is 4. The van der Waals surface area contributed by atoms with E-state index in [9.17, 15) is 4.79 Å². The highest BCUT2D eigenvalue weighted by Crippen LogP contribution is 2.46. The fourth-order valence-electron chi connectivity index (χ4n) is 5.75. The van der Waals surface area contributed by atoms with Crippen molar-refractivity contribution < 1.29 is 4.79 Å². The van der Waals surface area contributed by atoms with Gasteiger partial charge in [-0.1, -0.05) is 30.3 Å². The number of likely N-dealkylation sites (tertiary alicyclic amines) is 1. The monoisotopic (exact) mass is 364 g/mol. The van der Waals surface area contributed by atoms with E-state index in [2.05, 4.69) is 52.2 Å². The van der Waals surface area contributed by atoms with Crippen LogP contribution in [0.2, 0.25) is 0 Å². The molecule has 4 saturated heterocycles. The maximum absolute atomic E-state index is 13.6. The quantitative estimate of drug-likeness (QED) is 0.841. The van der Waals surface area contributed by atoms with Gasteiger partial charge in [-0.25, -0.2) is 0 Å². The smallest absolute Gasteiger partial charge is 0.272 e. The standard InChI is InChI=1S/C22H28N4O/c1-3-26-19(13-15(2)23-26)22(27)25-14-18(16-7-5-4-6-8-16)21-20(25)17-9-11-24(21)12-10-17/h4-8,13,17-18,20-21H,3,9-12,14H2,1-2H3/t18-,20-,21-/m1/s1. The van der Waals surface area contributed by atoms with E-state index in [0.717, 1.165) is 24.5 Å². The fourth-order valence-corrected chi connectivity index (χ4v) is 5.75.